The molecule has 0 N–H and O–H groups in total. The van der Waals surface area contributed by atoms with E-state index in [1.54, 1.807) is 12.1 Å². The molecule has 1 aliphatic rings. The van der Waals surface area contributed by atoms with Crippen molar-refractivity contribution in [3.05, 3.63) is 66.2 Å². The van der Waals surface area contributed by atoms with E-state index < -0.39 is 30.4 Å². The third-order valence-corrected chi connectivity index (χ3v) is 8.60. The fraction of sp³-hybridized carbons (Fsp3) is 0. The lowest BCUT2D eigenvalue weighted by atomic mass is 9.98. The van der Waals surface area contributed by atoms with Crippen molar-refractivity contribution >= 4 is 62.7 Å². The van der Waals surface area contributed by atoms with Gasteiger partial charge in [-0.3, -0.25) is 4.79 Å². The number of hydrogen-bond donors (Lipinski definition) is 0. The summed E-state index contributed by atoms with van der Waals surface area (Å²) in [5, 5.41) is 4.82. The third-order valence-electron chi connectivity index (χ3n) is 4.76. The maximum atomic E-state index is 12.3. The molecule has 2 atom stereocenters. The largest absolute Gasteiger partial charge is 0.613 e. The van der Waals surface area contributed by atoms with Crippen molar-refractivity contribution in [2.45, 2.75) is 4.90 Å². The first-order chi connectivity index (χ1) is 12.5. The number of ketones is 1. The van der Waals surface area contributed by atoms with Gasteiger partial charge in [0.1, 0.15) is 0 Å². The second-order valence-electron chi connectivity index (χ2n) is 6.30. The van der Waals surface area contributed by atoms with Crippen LogP contribution in [0.2, 0.25) is 0 Å². The molecule has 2 unspecified atom stereocenters. The standard InChI is InChI=1S/C20H12O4S2/c21-19-17-9-15-7-13-5-11-3-1-2-4-12(11)6-14(13)8-16(15)10-18(17)25(23)26(24)20(19)22/h1-10,25-26H. The van der Waals surface area contributed by atoms with Crippen molar-refractivity contribution in [3.8, 4) is 0 Å². The van der Waals surface area contributed by atoms with Gasteiger partial charge >= 0.3 is 5.12 Å². The number of carbonyl (C=O) groups is 2. The quantitative estimate of drug-likeness (QED) is 0.203. The summed E-state index contributed by atoms with van der Waals surface area (Å²) in [6, 6.07) is 19.3. The molecule has 0 amide bonds. The van der Waals surface area contributed by atoms with E-state index in [1.165, 1.54) is 0 Å². The maximum absolute atomic E-state index is 12.3. The second-order valence-corrected chi connectivity index (χ2v) is 10.5. The zero-order valence-corrected chi connectivity index (χ0v) is 15.1. The minimum Gasteiger partial charge on any atom is -0.613 e. The van der Waals surface area contributed by atoms with Crippen LogP contribution in [0.3, 0.4) is 0 Å². The molecule has 1 heterocycles. The molecule has 6 heteroatoms. The molecule has 0 saturated heterocycles. The highest BCUT2D eigenvalue weighted by molar-refractivity contribution is 8.46. The molecule has 4 aromatic rings. The van der Waals surface area contributed by atoms with E-state index in [0.29, 0.717) is 0 Å². The van der Waals surface area contributed by atoms with Gasteiger partial charge in [0.05, 0.1) is 5.56 Å². The number of thiol groups is 2. The molecule has 0 aromatic heterocycles. The van der Waals surface area contributed by atoms with Crippen molar-refractivity contribution in [1.82, 2.24) is 0 Å². The van der Waals surface area contributed by atoms with Crippen LogP contribution in [-0.4, -0.2) is 20.0 Å². The van der Waals surface area contributed by atoms with E-state index in [9.17, 15) is 18.7 Å². The Kier molecular flexibility index (Phi) is 3.39. The summed E-state index contributed by atoms with van der Waals surface area (Å²) in [5.41, 5.74) is 0.110. The number of hydrogen-bond acceptors (Lipinski definition) is 4. The smallest absolute Gasteiger partial charge is 0.397 e. The van der Waals surface area contributed by atoms with Gasteiger partial charge in [-0.25, -0.2) is 4.79 Å². The molecule has 1 aliphatic heterocycles. The summed E-state index contributed by atoms with van der Waals surface area (Å²) >= 11 is 0. The van der Waals surface area contributed by atoms with E-state index in [4.69, 9.17) is 0 Å². The third kappa shape index (κ3) is 2.20. The molecule has 4 nitrogen and oxygen atoms in total. The van der Waals surface area contributed by atoms with Crippen LogP contribution in [0.25, 0.3) is 32.3 Å². The van der Waals surface area contributed by atoms with Crippen LogP contribution < -0.4 is 0 Å². The Morgan fingerprint density at radius 3 is 1.73 bits per heavy atom. The Hall–Kier alpha value is -2.38. The molecule has 0 aliphatic carbocycles. The first-order valence-corrected chi connectivity index (χ1v) is 11.2. The highest BCUT2D eigenvalue weighted by atomic mass is 32.9. The maximum Gasteiger partial charge on any atom is 0.397 e. The predicted molar refractivity (Wildman–Crippen MR) is 106 cm³/mol. The van der Waals surface area contributed by atoms with Crippen LogP contribution in [0.1, 0.15) is 10.4 Å². The van der Waals surface area contributed by atoms with Crippen LogP contribution in [0, 0.1) is 0 Å². The normalized spacial score (nSPS) is 20.1. The van der Waals surface area contributed by atoms with Gasteiger partial charge in [-0.2, -0.15) is 0 Å². The Bertz CT molecular complexity index is 1340. The molecule has 0 saturated carbocycles. The van der Waals surface area contributed by atoms with Gasteiger partial charge in [-0.15, -0.1) is 0 Å². The Labute approximate surface area is 152 Å². The highest BCUT2D eigenvalue weighted by Crippen LogP contribution is 2.32. The first kappa shape index (κ1) is 15.8. The van der Waals surface area contributed by atoms with Gasteiger partial charge in [0.25, 0.3) is 5.78 Å². The van der Waals surface area contributed by atoms with Crippen LogP contribution in [0.4, 0.5) is 0 Å². The summed E-state index contributed by atoms with van der Waals surface area (Å²) < 4.78 is 24.2. The van der Waals surface area contributed by atoms with Crippen LogP contribution in [0.15, 0.2) is 65.6 Å². The van der Waals surface area contributed by atoms with Crippen molar-refractivity contribution in [2.24, 2.45) is 0 Å². The molecule has 0 bridgehead atoms. The van der Waals surface area contributed by atoms with E-state index in [2.05, 4.69) is 12.1 Å². The summed E-state index contributed by atoms with van der Waals surface area (Å²) in [4.78, 5) is 24.2. The highest BCUT2D eigenvalue weighted by Gasteiger charge is 2.34. The molecule has 0 spiro atoms. The lowest BCUT2D eigenvalue weighted by Gasteiger charge is -2.17. The van der Waals surface area contributed by atoms with Gasteiger partial charge in [0, 0.05) is 15.8 Å². The number of benzene rings is 4. The first-order valence-electron chi connectivity index (χ1n) is 7.96. The molecule has 26 heavy (non-hydrogen) atoms. The second kappa shape index (κ2) is 5.56. The Morgan fingerprint density at radius 1 is 0.615 bits per heavy atom. The van der Waals surface area contributed by atoms with Gasteiger partial charge in [0.15, 0.2) is 4.90 Å². The van der Waals surface area contributed by atoms with E-state index in [-0.39, 0.29) is 10.5 Å². The van der Waals surface area contributed by atoms with Crippen molar-refractivity contribution < 1.29 is 18.7 Å². The number of Topliss-reactive ketones (excluding diaryl/α,β-unsaturated/α-hetero) is 1. The van der Waals surface area contributed by atoms with Gasteiger partial charge < -0.3 is 9.11 Å². The van der Waals surface area contributed by atoms with E-state index in [0.717, 1.165) is 32.3 Å². The molecule has 5 rings (SSSR count). The molecule has 0 radical (unpaired) electrons. The zero-order valence-electron chi connectivity index (χ0n) is 13.3. The summed E-state index contributed by atoms with van der Waals surface area (Å²) in [6.45, 7) is 0. The SMILES string of the molecule is O=C1C(=O)[SH+]([O-])=[SH+]([O-])c2cc3cc4cc5ccccc5cc4cc3cc21. The number of rotatable bonds is 0. The minimum atomic E-state index is -2.68. The monoisotopic (exact) mass is 380 g/mol. The van der Waals surface area contributed by atoms with Crippen molar-refractivity contribution in [3.63, 3.8) is 0 Å². The number of fused-ring (bicyclic) bond motifs is 4. The topological polar surface area (TPSA) is 80.3 Å². The molecule has 4 aromatic carbocycles. The average Bonchev–Trinajstić information content (AvgIpc) is 2.66. The van der Waals surface area contributed by atoms with E-state index >= 15 is 0 Å². The fourth-order valence-corrected chi connectivity index (χ4v) is 6.58. The van der Waals surface area contributed by atoms with Crippen molar-refractivity contribution in [1.29, 1.82) is 0 Å². The Balaban J connectivity index is 1.87. The Morgan fingerprint density at radius 2 is 1.12 bits per heavy atom. The zero-order chi connectivity index (χ0) is 18.0. The molecular formula is C20H12O4S2. The summed E-state index contributed by atoms with van der Waals surface area (Å²) in [5.74, 6) is -0.809. The lowest BCUT2D eigenvalue weighted by Crippen LogP contribution is -2.28. The van der Waals surface area contributed by atoms with E-state index in [1.807, 2.05) is 36.4 Å². The van der Waals surface area contributed by atoms with Crippen LogP contribution >= 0.6 is 0 Å². The van der Waals surface area contributed by atoms with Gasteiger partial charge in [-0.1, -0.05) is 24.3 Å². The fourth-order valence-electron chi connectivity index (χ4n) is 3.45. The van der Waals surface area contributed by atoms with Gasteiger partial charge in [-0.05, 0) is 72.4 Å². The van der Waals surface area contributed by atoms with Crippen LogP contribution in [-0.2, 0) is 24.3 Å². The molecule has 128 valence electrons. The summed E-state index contributed by atoms with van der Waals surface area (Å²) in [6.07, 6.45) is 0. The average molecular weight is 380 g/mol. The van der Waals surface area contributed by atoms with Gasteiger partial charge in [0.2, 0.25) is 0 Å². The van der Waals surface area contributed by atoms with Crippen molar-refractivity contribution in [2.75, 3.05) is 0 Å². The lowest BCUT2D eigenvalue weighted by molar-refractivity contribution is -0.108. The minimum absolute atomic E-state index is 0.110. The van der Waals surface area contributed by atoms with Crippen LogP contribution in [0.5, 0.6) is 0 Å². The predicted octanol–water partition coefficient (Wildman–Crippen LogP) is 3.11. The summed E-state index contributed by atoms with van der Waals surface area (Å²) in [7, 11) is -5.07. The molecule has 0 fully saturated rings. The number of carbonyl (C=O) groups excluding carboxylic acids is 2. The molecular weight excluding hydrogens is 368 g/mol.